The van der Waals surface area contributed by atoms with Crippen molar-refractivity contribution in [1.29, 1.82) is 0 Å². The van der Waals surface area contributed by atoms with Gasteiger partial charge < -0.3 is 9.47 Å². The molecule has 2 atom stereocenters. The zero-order valence-corrected chi connectivity index (χ0v) is 25.1. The van der Waals surface area contributed by atoms with Crippen LogP contribution in [0.15, 0.2) is 40.6 Å². The minimum absolute atomic E-state index is 0.0551. The first-order valence-electron chi connectivity index (χ1n) is 13.1. The molecule has 220 valence electrons. The average molecular weight is 614 g/mol. The molecule has 3 aromatic rings. The quantitative estimate of drug-likeness (QED) is 0.386. The van der Waals surface area contributed by atoms with Gasteiger partial charge in [-0.05, 0) is 43.7 Å². The van der Waals surface area contributed by atoms with Gasteiger partial charge in [-0.1, -0.05) is 37.3 Å². The zero-order valence-electron chi connectivity index (χ0n) is 23.6. The molecule has 1 fully saturated rings. The Balaban J connectivity index is 0.00000198. The van der Waals surface area contributed by atoms with Crippen molar-refractivity contribution in [3.8, 4) is 40.3 Å². The van der Waals surface area contributed by atoms with Gasteiger partial charge in [-0.2, -0.15) is 14.9 Å². The Kier molecular flexibility index (Phi) is 10.0. The predicted octanol–water partition coefficient (Wildman–Crippen LogP) is 4.49. The van der Waals surface area contributed by atoms with Crippen molar-refractivity contribution in [3.63, 3.8) is 0 Å². The molecule has 0 saturated heterocycles. The number of amidine groups is 1. The Bertz CT molecular complexity index is 1630. The molecular weight excluding hydrogens is 585 g/mol. The third-order valence-electron chi connectivity index (χ3n) is 5.99. The van der Waals surface area contributed by atoms with Crippen LogP contribution in [0.1, 0.15) is 55.8 Å². The third kappa shape index (κ3) is 6.83. The molecule has 0 spiro atoms. The molecule has 2 N–H and O–H groups in total. The van der Waals surface area contributed by atoms with Gasteiger partial charge in [0.2, 0.25) is 0 Å². The predicted molar refractivity (Wildman–Crippen MR) is 160 cm³/mol. The number of carbonyl (C=O) groups excluding carboxylic acids is 1. The lowest BCUT2D eigenvalue weighted by atomic mass is 9.99. The fourth-order valence-electron chi connectivity index (χ4n) is 3.72. The van der Waals surface area contributed by atoms with E-state index in [2.05, 4.69) is 42.8 Å². The van der Waals surface area contributed by atoms with Crippen molar-refractivity contribution in [2.24, 2.45) is 11.0 Å². The summed E-state index contributed by atoms with van der Waals surface area (Å²) in [6, 6.07) is 2.94. The van der Waals surface area contributed by atoms with Crippen LogP contribution in [-0.4, -0.2) is 50.4 Å². The van der Waals surface area contributed by atoms with E-state index < -0.39 is 17.6 Å². The highest BCUT2D eigenvalue weighted by molar-refractivity contribution is 8.14. The number of aromatic nitrogens is 4. The highest BCUT2D eigenvalue weighted by atomic mass is 35.5. The van der Waals surface area contributed by atoms with Gasteiger partial charge >= 0.3 is 0 Å². The van der Waals surface area contributed by atoms with E-state index in [4.69, 9.17) is 21.1 Å². The number of methoxy groups -OCH3 is 2. The maximum absolute atomic E-state index is 14.2. The molecular formula is C28H29ClFN7O4S. The van der Waals surface area contributed by atoms with Gasteiger partial charge in [0, 0.05) is 23.2 Å². The molecule has 1 saturated carbocycles. The molecule has 0 aromatic carbocycles. The number of carbonyl (C=O) groups is 1. The summed E-state index contributed by atoms with van der Waals surface area (Å²) < 4.78 is 25.7. The fraction of sp³-hybridized carbons (Fsp3) is 0.357. The standard InChI is InChI=1S/C26H23ClFN7O4S.C2H6/c1-13(28)18-8-16(19(38-2)11-29-18)15-9-21(35-25(37)23(27)20(39-3)12-31-35)30-10-17(15)24(36)32-26-34-33-22(40-26)7-6-14-4-5-14;1-2/h8-14,22,33H,4-5H2,1-3H3,(H,32,34,36);1-2H3. The van der Waals surface area contributed by atoms with Crippen LogP contribution in [0, 0.1) is 17.8 Å². The van der Waals surface area contributed by atoms with Gasteiger partial charge in [0.05, 0.1) is 37.9 Å². The molecule has 5 rings (SSSR count). The van der Waals surface area contributed by atoms with E-state index in [1.807, 2.05) is 13.8 Å². The van der Waals surface area contributed by atoms with Crippen molar-refractivity contribution in [1.82, 2.24) is 30.5 Å². The summed E-state index contributed by atoms with van der Waals surface area (Å²) >= 11 is 7.42. The number of amides is 1. The SMILES string of the molecule is CC.COc1cnc(C(C)F)cc1-c1cc(-n2ncc(OC)c(Cl)c2=O)ncc1C(=O)NC1=NNC(C#CC2CC2)S1. The fourth-order valence-corrected chi connectivity index (χ4v) is 4.64. The number of hydrogen-bond acceptors (Lipinski definition) is 10. The number of rotatable bonds is 6. The van der Waals surface area contributed by atoms with E-state index in [0.717, 1.165) is 17.5 Å². The summed E-state index contributed by atoms with van der Waals surface area (Å²) in [5.74, 6) is 6.59. The normalized spacial score (nSPS) is 16.1. The molecule has 0 bridgehead atoms. The van der Waals surface area contributed by atoms with Gasteiger partial charge in [-0.3, -0.25) is 25.3 Å². The largest absolute Gasteiger partial charge is 0.494 e. The van der Waals surface area contributed by atoms with Gasteiger partial charge in [0.15, 0.2) is 27.1 Å². The number of hydrogen-bond donors (Lipinski definition) is 2. The molecule has 1 aliphatic heterocycles. The second-order valence-corrected chi connectivity index (χ2v) is 10.3. The molecule has 3 aromatic heterocycles. The van der Waals surface area contributed by atoms with Crippen molar-refractivity contribution in [3.05, 3.63) is 57.4 Å². The van der Waals surface area contributed by atoms with Crippen LogP contribution < -0.4 is 25.8 Å². The Hall–Kier alpha value is -4.15. The lowest BCUT2D eigenvalue weighted by Crippen LogP contribution is -2.29. The monoisotopic (exact) mass is 613 g/mol. The van der Waals surface area contributed by atoms with E-state index in [9.17, 15) is 14.0 Å². The van der Waals surface area contributed by atoms with E-state index >= 15 is 0 Å². The number of ether oxygens (including phenoxy) is 2. The molecule has 4 heterocycles. The minimum Gasteiger partial charge on any atom is -0.494 e. The molecule has 1 aliphatic carbocycles. The highest BCUT2D eigenvalue weighted by Gasteiger charge is 2.25. The minimum atomic E-state index is -1.39. The van der Waals surface area contributed by atoms with Crippen molar-refractivity contribution in [2.45, 2.75) is 45.2 Å². The molecule has 42 heavy (non-hydrogen) atoms. The number of halogens is 2. The number of thioether (sulfide) groups is 1. The van der Waals surface area contributed by atoms with Crippen LogP contribution in [0.5, 0.6) is 11.5 Å². The Morgan fingerprint density at radius 3 is 2.55 bits per heavy atom. The van der Waals surface area contributed by atoms with Crippen LogP contribution in [0.2, 0.25) is 5.02 Å². The maximum atomic E-state index is 14.2. The molecule has 14 heteroatoms. The maximum Gasteiger partial charge on any atom is 0.295 e. The van der Waals surface area contributed by atoms with Gasteiger partial charge in [-0.25, -0.2) is 9.37 Å². The summed E-state index contributed by atoms with van der Waals surface area (Å²) in [4.78, 5) is 34.8. The number of alkyl halides is 1. The number of pyridine rings is 2. The molecule has 2 unspecified atom stereocenters. The van der Waals surface area contributed by atoms with Crippen LogP contribution in [0.3, 0.4) is 0 Å². The smallest absolute Gasteiger partial charge is 0.295 e. The van der Waals surface area contributed by atoms with Crippen molar-refractivity contribution < 1.29 is 18.7 Å². The third-order valence-corrected chi connectivity index (χ3v) is 7.22. The number of hydrazone groups is 1. The van der Waals surface area contributed by atoms with E-state index in [-0.39, 0.29) is 44.5 Å². The molecule has 1 amide bonds. The molecule has 2 aliphatic rings. The summed E-state index contributed by atoms with van der Waals surface area (Å²) in [6.45, 7) is 5.35. The van der Waals surface area contributed by atoms with Gasteiger partial charge in [0.1, 0.15) is 11.9 Å². The van der Waals surface area contributed by atoms with E-state index in [1.165, 1.54) is 63.6 Å². The highest BCUT2D eigenvalue weighted by Crippen LogP contribution is 2.35. The lowest BCUT2D eigenvalue weighted by molar-refractivity contribution is 0.0978. The first-order chi connectivity index (χ1) is 20.3. The topological polar surface area (TPSA) is 133 Å². The van der Waals surface area contributed by atoms with Crippen molar-refractivity contribution >= 4 is 34.4 Å². The summed E-state index contributed by atoms with van der Waals surface area (Å²) in [7, 11) is 2.79. The Morgan fingerprint density at radius 2 is 1.88 bits per heavy atom. The Labute approximate surface area is 251 Å². The molecule has 11 nitrogen and oxygen atoms in total. The van der Waals surface area contributed by atoms with Gasteiger partial charge in [0.25, 0.3) is 11.5 Å². The average Bonchev–Trinajstić information content (AvgIpc) is 3.74. The summed E-state index contributed by atoms with van der Waals surface area (Å²) in [5, 5.41) is 10.9. The van der Waals surface area contributed by atoms with Crippen molar-refractivity contribution in [2.75, 3.05) is 14.2 Å². The van der Waals surface area contributed by atoms with Gasteiger partial charge in [-0.15, -0.1) is 0 Å². The molecule has 0 radical (unpaired) electrons. The van der Waals surface area contributed by atoms with Crippen LogP contribution in [0.4, 0.5) is 4.39 Å². The number of nitrogens with zero attached hydrogens (tertiary/aromatic N) is 5. The lowest BCUT2D eigenvalue weighted by Gasteiger charge is -2.16. The Morgan fingerprint density at radius 1 is 1.14 bits per heavy atom. The summed E-state index contributed by atoms with van der Waals surface area (Å²) in [6.07, 6.45) is 4.73. The van der Waals surface area contributed by atoms with E-state index in [0.29, 0.717) is 16.6 Å². The van der Waals surface area contributed by atoms with Crippen LogP contribution in [0.25, 0.3) is 16.9 Å². The van der Waals surface area contributed by atoms with E-state index in [1.54, 1.807) is 0 Å². The number of nitrogens with one attached hydrogen (secondary N) is 2. The zero-order chi connectivity index (χ0) is 30.4. The van der Waals surface area contributed by atoms with Crippen LogP contribution in [-0.2, 0) is 0 Å². The van der Waals surface area contributed by atoms with Crippen LogP contribution >= 0.6 is 23.4 Å². The summed E-state index contributed by atoms with van der Waals surface area (Å²) in [5.41, 5.74) is 3.07. The first kappa shape index (κ1) is 30.8. The second kappa shape index (κ2) is 13.7. The second-order valence-electron chi connectivity index (χ2n) is 8.82. The first-order valence-corrected chi connectivity index (χ1v) is 14.4.